The van der Waals surface area contributed by atoms with Crippen LogP contribution in [0.15, 0.2) is 54.6 Å². The molecule has 1 heterocycles. The average molecular weight is 506 g/mol. The first-order valence-electron chi connectivity index (χ1n) is 10.3. The first kappa shape index (κ1) is 23.5. The fourth-order valence-corrected chi connectivity index (χ4v) is 4.80. The molecule has 0 unspecified atom stereocenters. The maximum atomic E-state index is 13.7. The number of nitrogens with zero attached hydrogens (tertiary/aromatic N) is 2. The molecule has 4 rings (SSSR count). The first-order chi connectivity index (χ1) is 15.7. The van der Waals surface area contributed by atoms with E-state index in [9.17, 15) is 19.2 Å². The Balaban J connectivity index is 1.77. The summed E-state index contributed by atoms with van der Waals surface area (Å²) in [6.07, 6.45) is 4.49. The van der Waals surface area contributed by atoms with Crippen molar-refractivity contribution >= 4 is 58.3 Å². The van der Waals surface area contributed by atoms with E-state index in [0.29, 0.717) is 22.9 Å². The molecule has 3 amide bonds. The highest BCUT2D eigenvalue weighted by atomic mass is 35.5. The highest BCUT2D eigenvalue weighted by molar-refractivity contribution is 6.37. The number of allylic oxidation sites excluding steroid dienone is 2. The van der Waals surface area contributed by atoms with E-state index in [0.717, 1.165) is 10.0 Å². The Bertz CT molecular complexity index is 1150. The van der Waals surface area contributed by atoms with Crippen LogP contribution in [0.2, 0.25) is 15.1 Å². The van der Waals surface area contributed by atoms with Crippen LogP contribution in [0.25, 0.3) is 0 Å². The highest BCUT2D eigenvalue weighted by Gasteiger charge is 2.52. The van der Waals surface area contributed by atoms with Crippen molar-refractivity contribution < 1.29 is 19.2 Å². The van der Waals surface area contributed by atoms with Crippen LogP contribution in [-0.2, 0) is 9.59 Å². The van der Waals surface area contributed by atoms with Gasteiger partial charge in [-0.1, -0.05) is 47.0 Å². The van der Waals surface area contributed by atoms with Crippen molar-refractivity contribution in [1.82, 2.24) is 10.0 Å². The fraction of sp³-hybridized carbons (Fsp3) is 0.250. The number of amides is 3. The standard InChI is InChI=1S/C24H19Cl3N2O4/c1-13(21(30)14-6-8-15(25)9-7-14)28(24(33)19-11-10-16(26)12-20(19)27)29-22(31)17-4-2-3-5-18(17)23(29)32/h2-3,6-13,17-18H,4-5H2,1H3/t13-,17+,18+/m1/s1. The zero-order valence-corrected chi connectivity index (χ0v) is 19.8. The van der Waals surface area contributed by atoms with Crippen LogP contribution < -0.4 is 0 Å². The molecule has 1 aliphatic heterocycles. The SMILES string of the molecule is C[C@H](C(=O)c1ccc(Cl)cc1)N(C(=O)c1ccc(Cl)cc1Cl)N1C(=O)[C@H]2CC=CC[C@@H]2C1=O. The molecule has 170 valence electrons. The summed E-state index contributed by atoms with van der Waals surface area (Å²) in [6.45, 7) is 1.47. The van der Waals surface area contributed by atoms with Crippen molar-refractivity contribution in [3.63, 3.8) is 0 Å². The maximum Gasteiger partial charge on any atom is 0.275 e. The monoisotopic (exact) mass is 504 g/mol. The van der Waals surface area contributed by atoms with E-state index in [4.69, 9.17) is 34.8 Å². The molecule has 1 aliphatic carbocycles. The third kappa shape index (κ3) is 4.31. The van der Waals surface area contributed by atoms with Gasteiger partial charge in [-0.15, -0.1) is 0 Å². The normalized spacial score (nSPS) is 20.5. The minimum absolute atomic E-state index is 0.0189. The van der Waals surface area contributed by atoms with Crippen molar-refractivity contribution in [2.45, 2.75) is 25.8 Å². The van der Waals surface area contributed by atoms with Crippen LogP contribution in [0.4, 0.5) is 0 Å². The Morgan fingerprint density at radius 2 is 1.45 bits per heavy atom. The van der Waals surface area contributed by atoms with E-state index < -0.39 is 41.4 Å². The lowest BCUT2D eigenvalue weighted by Gasteiger charge is -2.35. The third-order valence-electron chi connectivity index (χ3n) is 5.94. The molecule has 33 heavy (non-hydrogen) atoms. The summed E-state index contributed by atoms with van der Waals surface area (Å²) in [5, 5.41) is 2.56. The number of hydrogen-bond acceptors (Lipinski definition) is 4. The number of halogens is 3. The van der Waals surface area contributed by atoms with Gasteiger partial charge >= 0.3 is 0 Å². The van der Waals surface area contributed by atoms with Crippen molar-refractivity contribution in [1.29, 1.82) is 0 Å². The number of rotatable bonds is 5. The molecule has 0 spiro atoms. The topological polar surface area (TPSA) is 74.8 Å². The van der Waals surface area contributed by atoms with Crippen LogP contribution in [0.5, 0.6) is 0 Å². The number of fused-ring (bicyclic) bond motifs is 1. The molecule has 0 bridgehead atoms. The summed E-state index contributed by atoms with van der Waals surface area (Å²) in [6, 6.07) is 9.24. The number of imide groups is 1. The summed E-state index contributed by atoms with van der Waals surface area (Å²) in [5.74, 6) is -3.38. The van der Waals surface area contributed by atoms with Crippen molar-refractivity contribution in [2.24, 2.45) is 11.8 Å². The van der Waals surface area contributed by atoms with E-state index in [2.05, 4.69) is 0 Å². The molecule has 3 atom stereocenters. The lowest BCUT2D eigenvalue weighted by Crippen LogP contribution is -2.56. The summed E-state index contributed by atoms with van der Waals surface area (Å²) in [7, 11) is 0. The molecule has 0 saturated carbocycles. The van der Waals surface area contributed by atoms with Gasteiger partial charge in [0.2, 0.25) is 0 Å². The molecular formula is C24H19Cl3N2O4. The number of Topliss-reactive ketones (excluding diaryl/α,β-unsaturated/α-hetero) is 1. The Morgan fingerprint density at radius 1 is 0.909 bits per heavy atom. The molecule has 0 radical (unpaired) electrons. The van der Waals surface area contributed by atoms with Gasteiger partial charge in [0.05, 0.1) is 22.4 Å². The Hall–Kier alpha value is -2.67. The van der Waals surface area contributed by atoms with E-state index in [1.54, 1.807) is 12.1 Å². The molecule has 0 aromatic heterocycles. The van der Waals surface area contributed by atoms with Gasteiger partial charge in [-0.05, 0) is 62.2 Å². The zero-order chi connectivity index (χ0) is 23.9. The van der Waals surface area contributed by atoms with Gasteiger partial charge in [0.25, 0.3) is 17.7 Å². The predicted molar refractivity (Wildman–Crippen MR) is 125 cm³/mol. The predicted octanol–water partition coefficient (Wildman–Crippen LogP) is 5.23. The minimum atomic E-state index is -1.17. The highest BCUT2D eigenvalue weighted by Crippen LogP contribution is 2.37. The van der Waals surface area contributed by atoms with E-state index >= 15 is 0 Å². The third-order valence-corrected chi connectivity index (χ3v) is 6.74. The van der Waals surface area contributed by atoms with Gasteiger partial charge in [0.1, 0.15) is 6.04 Å². The molecule has 1 saturated heterocycles. The number of carbonyl (C=O) groups excluding carboxylic acids is 4. The second kappa shape index (κ2) is 9.29. The van der Waals surface area contributed by atoms with Crippen LogP contribution >= 0.6 is 34.8 Å². The summed E-state index contributed by atoms with van der Waals surface area (Å²) in [4.78, 5) is 53.5. The van der Waals surface area contributed by atoms with Crippen LogP contribution in [0, 0.1) is 11.8 Å². The molecule has 2 aromatic rings. The lowest BCUT2D eigenvalue weighted by molar-refractivity contribution is -0.156. The van der Waals surface area contributed by atoms with E-state index in [-0.39, 0.29) is 16.1 Å². The second-order valence-electron chi connectivity index (χ2n) is 7.97. The van der Waals surface area contributed by atoms with Crippen molar-refractivity contribution in [2.75, 3.05) is 0 Å². The lowest BCUT2D eigenvalue weighted by atomic mass is 9.85. The quantitative estimate of drug-likeness (QED) is 0.317. The largest absolute Gasteiger partial charge is 0.292 e. The van der Waals surface area contributed by atoms with Gasteiger partial charge < -0.3 is 0 Å². The van der Waals surface area contributed by atoms with Gasteiger partial charge in [-0.2, -0.15) is 5.01 Å². The number of carbonyl (C=O) groups is 4. The van der Waals surface area contributed by atoms with Gasteiger partial charge in [0, 0.05) is 15.6 Å². The van der Waals surface area contributed by atoms with Gasteiger partial charge in [-0.25, -0.2) is 5.01 Å². The van der Waals surface area contributed by atoms with Crippen LogP contribution in [0.3, 0.4) is 0 Å². The molecule has 2 aliphatic rings. The second-order valence-corrected chi connectivity index (χ2v) is 9.25. The summed E-state index contributed by atoms with van der Waals surface area (Å²) >= 11 is 18.1. The number of hydrogen-bond donors (Lipinski definition) is 0. The van der Waals surface area contributed by atoms with Gasteiger partial charge in [-0.3, -0.25) is 19.2 Å². The molecular weight excluding hydrogens is 487 g/mol. The molecule has 1 fully saturated rings. The van der Waals surface area contributed by atoms with Crippen molar-refractivity contribution in [3.8, 4) is 0 Å². The Labute approximate surface area is 205 Å². The number of benzene rings is 2. The molecule has 9 heteroatoms. The van der Waals surface area contributed by atoms with Gasteiger partial charge in [0.15, 0.2) is 5.78 Å². The fourth-order valence-electron chi connectivity index (χ4n) is 4.19. The number of ketones is 1. The van der Waals surface area contributed by atoms with Crippen LogP contribution in [-0.4, -0.2) is 39.6 Å². The Morgan fingerprint density at radius 3 is 2.00 bits per heavy atom. The number of hydrazine groups is 1. The van der Waals surface area contributed by atoms with E-state index in [1.165, 1.54) is 37.3 Å². The molecule has 0 N–H and O–H groups in total. The zero-order valence-electron chi connectivity index (χ0n) is 17.5. The first-order valence-corrected chi connectivity index (χ1v) is 11.4. The Kier molecular flexibility index (Phi) is 6.61. The molecule has 6 nitrogen and oxygen atoms in total. The average Bonchev–Trinajstić information content (AvgIpc) is 3.04. The minimum Gasteiger partial charge on any atom is -0.292 e. The maximum absolute atomic E-state index is 13.7. The molecule has 2 aromatic carbocycles. The van der Waals surface area contributed by atoms with Crippen LogP contribution in [0.1, 0.15) is 40.5 Å². The summed E-state index contributed by atoms with van der Waals surface area (Å²) < 4.78 is 0. The van der Waals surface area contributed by atoms with E-state index in [1.807, 2.05) is 12.2 Å². The smallest absolute Gasteiger partial charge is 0.275 e. The summed E-state index contributed by atoms with van der Waals surface area (Å²) in [5.41, 5.74) is 0.301. The van der Waals surface area contributed by atoms with Crippen molar-refractivity contribution in [3.05, 3.63) is 80.8 Å².